The van der Waals surface area contributed by atoms with Crippen LogP contribution < -0.4 is 16.0 Å². The van der Waals surface area contributed by atoms with Gasteiger partial charge >= 0.3 is 6.03 Å². The second-order valence-corrected chi connectivity index (χ2v) is 4.86. The Labute approximate surface area is 121 Å². The molecule has 0 radical (unpaired) electrons. The minimum Gasteiger partial charge on any atom is -0.350 e. The van der Waals surface area contributed by atoms with Crippen molar-refractivity contribution in [3.63, 3.8) is 0 Å². The minimum absolute atomic E-state index is 0.150. The molecule has 104 valence electrons. The molecule has 0 heterocycles. The first-order valence-corrected chi connectivity index (χ1v) is 6.98. The Morgan fingerprint density at radius 1 is 1.00 bits per heavy atom. The Kier molecular flexibility index (Phi) is 6.95. The van der Waals surface area contributed by atoms with E-state index in [1.54, 1.807) is 12.1 Å². The number of benzene rings is 1. The molecule has 0 fully saturated rings. The van der Waals surface area contributed by atoms with Crippen molar-refractivity contribution < 1.29 is 9.59 Å². The Balaban J connectivity index is 2.20. The van der Waals surface area contributed by atoms with Crippen LogP contribution >= 0.6 is 15.9 Å². The van der Waals surface area contributed by atoms with Crippen LogP contribution in [0.1, 0.15) is 23.7 Å². The topological polar surface area (TPSA) is 70.2 Å². The van der Waals surface area contributed by atoms with Gasteiger partial charge in [0.15, 0.2) is 0 Å². The van der Waals surface area contributed by atoms with Crippen molar-refractivity contribution in [2.75, 3.05) is 19.6 Å². The Hall–Kier alpha value is -1.56. The van der Waals surface area contributed by atoms with E-state index in [4.69, 9.17) is 0 Å². The van der Waals surface area contributed by atoms with E-state index < -0.39 is 0 Å². The molecule has 1 rings (SSSR count). The zero-order valence-electron chi connectivity index (χ0n) is 10.8. The minimum atomic E-state index is -0.209. The SMILES string of the molecule is CCCNC(=O)NCCNC(=O)c1ccc(Br)cc1. The molecule has 0 aromatic heterocycles. The monoisotopic (exact) mass is 327 g/mol. The average molecular weight is 328 g/mol. The molecule has 5 nitrogen and oxygen atoms in total. The Morgan fingerprint density at radius 2 is 1.58 bits per heavy atom. The first-order valence-electron chi connectivity index (χ1n) is 6.19. The lowest BCUT2D eigenvalue weighted by molar-refractivity contribution is 0.0954. The van der Waals surface area contributed by atoms with Crippen LogP contribution in [-0.2, 0) is 0 Å². The summed E-state index contributed by atoms with van der Waals surface area (Å²) < 4.78 is 0.929. The number of urea groups is 1. The van der Waals surface area contributed by atoms with E-state index >= 15 is 0 Å². The third kappa shape index (κ3) is 6.24. The van der Waals surface area contributed by atoms with Gasteiger partial charge in [-0.1, -0.05) is 22.9 Å². The van der Waals surface area contributed by atoms with E-state index in [2.05, 4.69) is 31.9 Å². The van der Waals surface area contributed by atoms with E-state index in [9.17, 15) is 9.59 Å². The maximum atomic E-state index is 11.7. The summed E-state index contributed by atoms with van der Waals surface area (Å²) in [5.74, 6) is -0.150. The molecule has 0 saturated heterocycles. The van der Waals surface area contributed by atoms with E-state index in [1.807, 2.05) is 19.1 Å². The van der Waals surface area contributed by atoms with Crippen LogP contribution in [0.15, 0.2) is 28.7 Å². The molecular formula is C13H18BrN3O2. The van der Waals surface area contributed by atoms with Crippen LogP contribution in [-0.4, -0.2) is 31.6 Å². The molecule has 0 aliphatic rings. The number of rotatable bonds is 6. The molecule has 1 aromatic carbocycles. The van der Waals surface area contributed by atoms with Gasteiger partial charge in [0.25, 0.3) is 5.91 Å². The molecule has 0 bridgehead atoms. The molecule has 0 atom stereocenters. The fourth-order valence-corrected chi connectivity index (χ4v) is 1.62. The number of carbonyl (C=O) groups is 2. The van der Waals surface area contributed by atoms with Gasteiger partial charge in [-0.2, -0.15) is 0 Å². The fourth-order valence-electron chi connectivity index (χ4n) is 1.36. The lowest BCUT2D eigenvalue weighted by Crippen LogP contribution is -2.40. The summed E-state index contributed by atoms with van der Waals surface area (Å²) in [6, 6.07) is 6.89. The van der Waals surface area contributed by atoms with E-state index in [0.717, 1.165) is 10.9 Å². The highest BCUT2D eigenvalue weighted by molar-refractivity contribution is 9.10. The second-order valence-electron chi connectivity index (χ2n) is 3.95. The lowest BCUT2D eigenvalue weighted by atomic mass is 10.2. The van der Waals surface area contributed by atoms with Gasteiger partial charge < -0.3 is 16.0 Å². The van der Waals surface area contributed by atoms with Gasteiger partial charge in [0.05, 0.1) is 0 Å². The van der Waals surface area contributed by atoms with Gasteiger partial charge in [-0.3, -0.25) is 4.79 Å². The summed E-state index contributed by atoms with van der Waals surface area (Å²) in [7, 11) is 0. The largest absolute Gasteiger partial charge is 0.350 e. The van der Waals surface area contributed by atoms with Crippen molar-refractivity contribution in [3.8, 4) is 0 Å². The molecule has 0 saturated carbocycles. The van der Waals surface area contributed by atoms with Gasteiger partial charge in [-0.05, 0) is 30.7 Å². The summed E-state index contributed by atoms with van der Waals surface area (Å²) in [5.41, 5.74) is 0.596. The van der Waals surface area contributed by atoms with E-state index in [1.165, 1.54) is 0 Å². The van der Waals surface area contributed by atoms with Crippen molar-refractivity contribution in [1.29, 1.82) is 0 Å². The van der Waals surface area contributed by atoms with Gasteiger partial charge in [-0.25, -0.2) is 4.79 Å². The summed E-state index contributed by atoms with van der Waals surface area (Å²) in [5, 5.41) is 8.08. The molecule has 19 heavy (non-hydrogen) atoms. The standard InChI is InChI=1S/C13H18BrN3O2/c1-2-7-16-13(19)17-9-8-15-12(18)10-3-5-11(14)6-4-10/h3-6H,2,7-9H2,1H3,(H,15,18)(H2,16,17,19). The first kappa shape index (κ1) is 15.5. The third-order valence-electron chi connectivity index (χ3n) is 2.34. The van der Waals surface area contributed by atoms with Crippen molar-refractivity contribution in [2.24, 2.45) is 0 Å². The molecule has 3 amide bonds. The predicted molar refractivity (Wildman–Crippen MR) is 78.2 cm³/mol. The van der Waals surface area contributed by atoms with Crippen LogP contribution in [0.3, 0.4) is 0 Å². The smallest absolute Gasteiger partial charge is 0.314 e. The summed E-state index contributed by atoms with van der Waals surface area (Å²) in [4.78, 5) is 22.9. The van der Waals surface area contributed by atoms with Crippen molar-refractivity contribution in [2.45, 2.75) is 13.3 Å². The van der Waals surface area contributed by atoms with Gasteiger partial charge in [0, 0.05) is 29.7 Å². The van der Waals surface area contributed by atoms with Crippen LogP contribution in [0.4, 0.5) is 4.79 Å². The summed E-state index contributed by atoms with van der Waals surface area (Å²) >= 11 is 3.31. The predicted octanol–water partition coefficient (Wildman–Crippen LogP) is 1.89. The molecule has 3 N–H and O–H groups in total. The Morgan fingerprint density at radius 3 is 2.21 bits per heavy atom. The van der Waals surface area contributed by atoms with Crippen LogP contribution in [0.2, 0.25) is 0 Å². The number of hydrogen-bond donors (Lipinski definition) is 3. The van der Waals surface area contributed by atoms with Crippen LogP contribution in [0.5, 0.6) is 0 Å². The van der Waals surface area contributed by atoms with Gasteiger partial charge in [0.1, 0.15) is 0 Å². The highest BCUT2D eigenvalue weighted by Crippen LogP contribution is 2.10. The molecule has 6 heteroatoms. The molecule has 0 aliphatic carbocycles. The fraction of sp³-hybridized carbons (Fsp3) is 0.385. The average Bonchev–Trinajstić information content (AvgIpc) is 2.41. The summed E-state index contributed by atoms with van der Waals surface area (Å²) in [6.45, 7) is 3.43. The number of nitrogens with one attached hydrogen (secondary N) is 3. The van der Waals surface area contributed by atoms with Crippen LogP contribution in [0, 0.1) is 0 Å². The Bertz CT molecular complexity index is 420. The van der Waals surface area contributed by atoms with E-state index in [-0.39, 0.29) is 11.9 Å². The zero-order chi connectivity index (χ0) is 14.1. The first-order chi connectivity index (χ1) is 9.13. The number of amides is 3. The number of carbonyl (C=O) groups excluding carboxylic acids is 2. The van der Waals surface area contributed by atoms with Crippen molar-refractivity contribution in [1.82, 2.24) is 16.0 Å². The normalized spacial score (nSPS) is 9.79. The zero-order valence-corrected chi connectivity index (χ0v) is 12.4. The number of halogens is 1. The van der Waals surface area contributed by atoms with Crippen molar-refractivity contribution >= 4 is 27.9 Å². The molecule has 1 aromatic rings. The highest BCUT2D eigenvalue weighted by Gasteiger charge is 2.04. The number of hydrogen-bond acceptors (Lipinski definition) is 2. The van der Waals surface area contributed by atoms with Crippen molar-refractivity contribution in [3.05, 3.63) is 34.3 Å². The molecule has 0 unspecified atom stereocenters. The third-order valence-corrected chi connectivity index (χ3v) is 2.87. The van der Waals surface area contributed by atoms with Gasteiger partial charge in [-0.15, -0.1) is 0 Å². The summed E-state index contributed by atoms with van der Waals surface area (Å²) in [6.07, 6.45) is 0.897. The highest BCUT2D eigenvalue weighted by atomic mass is 79.9. The maximum Gasteiger partial charge on any atom is 0.314 e. The van der Waals surface area contributed by atoms with Crippen LogP contribution in [0.25, 0.3) is 0 Å². The van der Waals surface area contributed by atoms with E-state index in [0.29, 0.717) is 25.2 Å². The molecule has 0 aliphatic heterocycles. The molecule has 0 spiro atoms. The molecular weight excluding hydrogens is 310 g/mol. The second kappa shape index (κ2) is 8.53. The lowest BCUT2D eigenvalue weighted by Gasteiger charge is -2.08. The van der Waals surface area contributed by atoms with Gasteiger partial charge in [0.2, 0.25) is 0 Å². The quantitative estimate of drug-likeness (QED) is 0.698. The maximum absolute atomic E-state index is 11.7.